The third-order valence-corrected chi connectivity index (χ3v) is 5.73. The lowest BCUT2D eigenvalue weighted by Crippen LogP contribution is -2.42. The van der Waals surface area contributed by atoms with Crippen LogP contribution in [-0.4, -0.2) is 31.4 Å². The van der Waals surface area contributed by atoms with Crippen LogP contribution in [0.4, 0.5) is 0 Å². The Hall–Kier alpha value is -3.96. The van der Waals surface area contributed by atoms with Crippen LogP contribution >= 0.6 is 0 Å². The van der Waals surface area contributed by atoms with Gasteiger partial charge >= 0.3 is 5.69 Å². The van der Waals surface area contributed by atoms with E-state index >= 15 is 0 Å². The maximum atomic E-state index is 13.5. The van der Waals surface area contributed by atoms with Gasteiger partial charge < -0.3 is 9.30 Å². The molecule has 0 bridgehead atoms. The van der Waals surface area contributed by atoms with Gasteiger partial charge in [-0.2, -0.15) is 5.26 Å². The molecule has 1 aliphatic heterocycles. The number of para-hydroxylation sites is 1. The van der Waals surface area contributed by atoms with Crippen LogP contribution in [0.1, 0.15) is 24.0 Å². The number of hydrogen-bond acceptors (Lipinski definition) is 5. The third kappa shape index (κ3) is 3.53. The molecule has 1 fully saturated rings. The SMILES string of the molecule is N#Cc1cccc(Cn2cnc3c2c(=O)n(C[C@@H]2CCCO2)c(=O)n3-c2ccccc2)c1. The highest BCUT2D eigenvalue weighted by Gasteiger charge is 2.23. The third-order valence-electron chi connectivity index (χ3n) is 5.73. The van der Waals surface area contributed by atoms with E-state index < -0.39 is 5.69 Å². The zero-order valence-electron chi connectivity index (χ0n) is 17.3. The topological polar surface area (TPSA) is 94.8 Å². The summed E-state index contributed by atoms with van der Waals surface area (Å²) >= 11 is 0. The first kappa shape index (κ1) is 20.0. The Kier molecular flexibility index (Phi) is 5.17. The Balaban J connectivity index is 1.71. The van der Waals surface area contributed by atoms with E-state index in [1.165, 1.54) is 9.13 Å². The van der Waals surface area contributed by atoms with Gasteiger partial charge in [0.05, 0.1) is 36.3 Å². The summed E-state index contributed by atoms with van der Waals surface area (Å²) in [5.74, 6) is 0. The zero-order valence-corrected chi connectivity index (χ0v) is 17.3. The summed E-state index contributed by atoms with van der Waals surface area (Å²) in [5, 5.41) is 9.20. The highest BCUT2D eigenvalue weighted by molar-refractivity contribution is 5.72. The first-order chi connectivity index (χ1) is 15.7. The van der Waals surface area contributed by atoms with Crippen molar-refractivity contribution < 1.29 is 4.74 Å². The number of hydrogen-bond donors (Lipinski definition) is 0. The molecule has 1 aliphatic rings. The molecule has 3 heterocycles. The van der Waals surface area contributed by atoms with Crippen molar-refractivity contribution in [2.75, 3.05) is 6.61 Å². The Labute approximate surface area is 183 Å². The molecule has 5 rings (SSSR count). The predicted octanol–water partition coefficient (Wildman–Crippen LogP) is 2.45. The molecule has 0 spiro atoms. The molecule has 0 amide bonds. The molecule has 0 radical (unpaired) electrons. The summed E-state index contributed by atoms with van der Waals surface area (Å²) in [6, 6.07) is 18.5. The van der Waals surface area contributed by atoms with Crippen LogP contribution < -0.4 is 11.2 Å². The van der Waals surface area contributed by atoms with Crippen LogP contribution in [0.15, 0.2) is 70.5 Å². The van der Waals surface area contributed by atoms with Gasteiger partial charge in [-0.25, -0.2) is 14.3 Å². The molecule has 2 aromatic heterocycles. The minimum atomic E-state index is -0.430. The van der Waals surface area contributed by atoms with E-state index in [1.54, 1.807) is 23.0 Å². The van der Waals surface area contributed by atoms with E-state index in [1.807, 2.05) is 42.5 Å². The zero-order chi connectivity index (χ0) is 22.1. The quantitative estimate of drug-likeness (QED) is 0.488. The molecule has 0 aliphatic carbocycles. The average Bonchev–Trinajstić information content (AvgIpc) is 3.48. The van der Waals surface area contributed by atoms with Gasteiger partial charge in [-0.3, -0.25) is 9.36 Å². The monoisotopic (exact) mass is 427 g/mol. The number of ether oxygens (including phenoxy) is 1. The van der Waals surface area contributed by atoms with Gasteiger partial charge in [0, 0.05) is 13.2 Å². The molecule has 0 unspecified atom stereocenters. The van der Waals surface area contributed by atoms with Crippen LogP contribution in [0, 0.1) is 11.3 Å². The average molecular weight is 427 g/mol. The lowest BCUT2D eigenvalue weighted by atomic mass is 10.1. The van der Waals surface area contributed by atoms with Crippen LogP contribution in [-0.2, 0) is 17.8 Å². The van der Waals surface area contributed by atoms with Gasteiger partial charge in [0.2, 0.25) is 0 Å². The number of benzene rings is 2. The van der Waals surface area contributed by atoms with E-state index in [4.69, 9.17) is 4.74 Å². The van der Waals surface area contributed by atoms with Crippen molar-refractivity contribution >= 4 is 11.2 Å². The van der Waals surface area contributed by atoms with E-state index in [-0.39, 0.29) is 18.2 Å². The number of rotatable bonds is 5. The summed E-state index contributed by atoms with van der Waals surface area (Å²) in [6.45, 7) is 1.20. The van der Waals surface area contributed by atoms with Gasteiger partial charge in [0.15, 0.2) is 11.2 Å². The summed E-state index contributed by atoms with van der Waals surface area (Å²) in [5.41, 5.74) is 1.89. The molecule has 2 aromatic carbocycles. The Morgan fingerprint density at radius 2 is 1.97 bits per heavy atom. The highest BCUT2D eigenvalue weighted by Crippen LogP contribution is 2.17. The van der Waals surface area contributed by atoms with E-state index in [0.29, 0.717) is 35.6 Å². The lowest BCUT2D eigenvalue weighted by molar-refractivity contribution is 0.0950. The van der Waals surface area contributed by atoms with E-state index in [0.717, 1.165) is 18.4 Å². The molecule has 0 saturated carbocycles. The smallest absolute Gasteiger partial charge is 0.337 e. The predicted molar refractivity (Wildman–Crippen MR) is 119 cm³/mol. The summed E-state index contributed by atoms with van der Waals surface area (Å²) < 4.78 is 10.2. The summed E-state index contributed by atoms with van der Waals surface area (Å²) in [6.07, 6.45) is 3.14. The Morgan fingerprint density at radius 3 is 2.72 bits per heavy atom. The second kappa shape index (κ2) is 8.29. The van der Waals surface area contributed by atoms with E-state index in [9.17, 15) is 14.9 Å². The highest BCUT2D eigenvalue weighted by atomic mass is 16.5. The van der Waals surface area contributed by atoms with Crippen molar-refractivity contribution in [1.29, 1.82) is 5.26 Å². The van der Waals surface area contributed by atoms with Crippen molar-refractivity contribution in [3.63, 3.8) is 0 Å². The van der Waals surface area contributed by atoms with Crippen molar-refractivity contribution in [2.24, 2.45) is 0 Å². The molecule has 1 atom stereocenters. The molecule has 8 nitrogen and oxygen atoms in total. The largest absolute Gasteiger partial charge is 0.376 e. The second-order valence-corrected chi connectivity index (χ2v) is 7.86. The molecular weight excluding hydrogens is 406 g/mol. The van der Waals surface area contributed by atoms with Crippen LogP contribution in [0.3, 0.4) is 0 Å². The normalized spacial score (nSPS) is 15.8. The lowest BCUT2D eigenvalue weighted by Gasteiger charge is -2.15. The van der Waals surface area contributed by atoms with Crippen molar-refractivity contribution in [3.05, 3.63) is 92.9 Å². The van der Waals surface area contributed by atoms with Crippen LogP contribution in [0.2, 0.25) is 0 Å². The van der Waals surface area contributed by atoms with Gasteiger partial charge in [0.25, 0.3) is 5.56 Å². The van der Waals surface area contributed by atoms with Crippen molar-refractivity contribution in [2.45, 2.75) is 32.0 Å². The number of fused-ring (bicyclic) bond motifs is 1. The fourth-order valence-corrected chi connectivity index (χ4v) is 4.20. The van der Waals surface area contributed by atoms with Crippen LogP contribution in [0.25, 0.3) is 16.9 Å². The number of nitrogens with zero attached hydrogens (tertiary/aromatic N) is 5. The minimum Gasteiger partial charge on any atom is -0.376 e. The van der Waals surface area contributed by atoms with Gasteiger partial charge in [0.1, 0.15) is 0 Å². The summed E-state index contributed by atoms with van der Waals surface area (Å²) in [7, 11) is 0. The number of nitriles is 1. The van der Waals surface area contributed by atoms with E-state index in [2.05, 4.69) is 11.1 Å². The molecule has 0 N–H and O–H groups in total. The number of imidazole rings is 1. The molecule has 160 valence electrons. The molecular formula is C24H21N5O3. The minimum absolute atomic E-state index is 0.161. The van der Waals surface area contributed by atoms with Crippen molar-refractivity contribution in [3.8, 4) is 11.8 Å². The molecule has 32 heavy (non-hydrogen) atoms. The van der Waals surface area contributed by atoms with Gasteiger partial charge in [-0.05, 0) is 42.7 Å². The van der Waals surface area contributed by atoms with Crippen molar-refractivity contribution in [1.82, 2.24) is 18.7 Å². The Morgan fingerprint density at radius 1 is 1.12 bits per heavy atom. The summed E-state index contributed by atoms with van der Waals surface area (Å²) in [4.78, 5) is 31.4. The second-order valence-electron chi connectivity index (χ2n) is 7.86. The first-order valence-corrected chi connectivity index (χ1v) is 10.5. The fourth-order valence-electron chi connectivity index (χ4n) is 4.20. The molecule has 1 saturated heterocycles. The van der Waals surface area contributed by atoms with Gasteiger partial charge in [-0.1, -0.05) is 30.3 Å². The molecule has 8 heteroatoms. The number of aromatic nitrogens is 4. The van der Waals surface area contributed by atoms with Gasteiger partial charge in [-0.15, -0.1) is 0 Å². The first-order valence-electron chi connectivity index (χ1n) is 10.5. The fraction of sp³-hybridized carbons (Fsp3) is 0.250. The maximum absolute atomic E-state index is 13.5. The maximum Gasteiger partial charge on any atom is 0.337 e. The van der Waals surface area contributed by atoms with Crippen LogP contribution in [0.5, 0.6) is 0 Å². The standard InChI is InChI=1S/C24H21N5O3/c25-13-17-6-4-7-18(12-17)14-27-16-26-22-21(27)23(30)28(15-20-10-5-11-32-20)24(31)29(22)19-8-2-1-3-9-19/h1-4,6-9,12,16,20H,5,10-11,14-15H2/t20-/m0/s1. The molecule has 4 aromatic rings. The Bertz CT molecular complexity index is 1440.